The van der Waals surface area contributed by atoms with Gasteiger partial charge in [0.25, 0.3) is 0 Å². The second-order valence-corrected chi connectivity index (χ2v) is 4.38. The SMILES string of the molecule is Cc1cccc(C2CCNCC2)c1Cl. The highest BCUT2D eigenvalue weighted by Crippen LogP contribution is 2.32. The van der Waals surface area contributed by atoms with Crippen molar-refractivity contribution < 1.29 is 0 Å². The highest BCUT2D eigenvalue weighted by molar-refractivity contribution is 6.32. The van der Waals surface area contributed by atoms with Gasteiger partial charge in [0.05, 0.1) is 0 Å². The van der Waals surface area contributed by atoms with Crippen LogP contribution in [0.5, 0.6) is 0 Å². The molecule has 0 aromatic heterocycles. The summed E-state index contributed by atoms with van der Waals surface area (Å²) in [7, 11) is 0. The fraction of sp³-hybridized carbons (Fsp3) is 0.500. The van der Waals surface area contributed by atoms with E-state index in [4.69, 9.17) is 11.6 Å². The lowest BCUT2D eigenvalue weighted by molar-refractivity contribution is 0.460. The molecule has 0 radical (unpaired) electrons. The Balaban J connectivity index is 2.26. The summed E-state index contributed by atoms with van der Waals surface area (Å²) in [6.45, 7) is 4.32. The molecule has 1 aromatic rings. The van der Waals surface area contributed by atoms with Crippen molar-refractivity contribution in [3.63, 3.8) is 0 Å². The first kappa shape index (κ1) is 10.0. The van der Waals surface area contributed by atoms with Crippen LogP contribution in [0.4, 0.5) is 0 Å². The summed E-state index contributed by atoms with van der Waals surface area (Å²) in [6, 6.07) is 6.36. The van der Waals surface area contributed by atoms with Crippen LogP contribution in [-0.2, 0) is 0 Å². The highest BCUT2D eigenvalue weighted by Gasteiger charge is 2.17. The standard InChI is InChI=1S/C12H16ClN/c1-9-3-2-4-11(12(9)13)10-5-7-14-8-6-10/h2-4,10,14H,5-8H2,1H3. The number of hydrogen-bond donors (Lipinski definition) is 1. The summed E-state index contributed by atoms with van der Waals surface area (Å²) in [5, 5.41) is 4.35. The first-order valence-electron chi connectivity index (χ1n) is 5.25. The molecule has 1 aromatic carbocycles. The zero-order chi connectivity index (χ0) is 9.97. The van der Waals surface area contributed by atoms with Crippen LogP contribution < -0.4 is 5.32 Å². The van der Waals surface area contributed by atoms with E-state index < -0.39 is 0 Å². The van der Waals surface area contributed by atoms with E-state index in [0.717, 1.165) is 18.1 Å². The third kappa shape index (κ3) is 1.94. The number of piperidine rings is 1. The van der Waals surface area contributed by atoms with Gasteiger partial charge in [0, 0.05) is 5.02 Å². The summed E-state index contributed by atoms with van der Waals surface area (Å²) in [5.41, 5.74) is 2.54. The summed E-state index contributed by atoms with van der Waals surface area (Å²) in [6.07, 6.45) is 2.42. The van der Waals surface area contributed by atoms with E-state index in [0.29, 0.717) is 5.92 Å². The zero-order valence-corrected chi connectivity index (χ0v) is 9.27. The van der Waals surface area contributed by atoms with Crippen molar-refractivity contribution in [1.29, 1.82) is 0 Å². The van der Waals surface area contributed by atoms with Gasteiger partial charge in [-0.1, -0.05) is 29.8 Å². The molecule has 14 heavy (non-hydrogen) atoms. The zero-order valence-electron chi connectivity index (χ0n) is 8.52. The number of rotatable bonds is 1. The molecule has 1 aliphatic heterocycles. The summed E-state index contributed by atoms with van der Waals surface area (Å²) in [4.78, 5) is 0. The van der Waals surface area contributed by atoms with Gasteiger partial charge < -0.3 is 5.32 Å². The minimum atomic E-state index is 0.656. The molecule has 0 amide bonds. The van der Waals surface area contributed by atoms with Crippen LogP contribution in [0.3, 0.4) is 0 Å². The molecule has 0 spiro atoms. The molecule has 1 nitrogen and oxygen atoms in total. The minimum Gasteiger partial charge on any atom is -0.317 e. The maximum Gasteiger partial charge on any atom is 0.0470 e. The average molecular weight is 210 g/mol. The normalized spacial score (nSPS) is 18.4. The molecule has 0 unspecified atom stereocenters. The van der Waals surface area contributed by atoms with Crippen LogP contribution >= 0.6 is 11.6 Å². The van der Waals surface area contributed by atoms with Crippen LogP contribution in [-0.4, -0.2) is 13.1 Å². The molecule has 0 aliphatic carbocycles. The molecule has 0 bridgehead atoms. The molecular formula is C12H16ClN. The Hall–Kier alpha value is -0.530. The molecule has 1 aliphatic rings. The maximum absolute atomic E-state index is 6.31. The molecule has 0 atom stereocenters. The first-order chi connectivity index (χ1) is 6.79. The lowest BCUT2D eigenvalue weighted by Gasteiger charge is -2.24. The van der Waals surface area contributed by atoms with Crippen molar-refractivity contribution in [2.75, 3.05) is 13.1 Å². The summed E-state index contributed by atoms with van der Waals surface area (Å²) in [5.74, 6) is 0.656. The second-order valence-electron chi connectivity index (χ2n) is 4.00. The van der Waals surface area contributed by atoms with Gasteiger partial charge in [0.1, 0.15) is 0 Å². The number of benzene rings is 1. The quantitative estimate of drug-likeness (QED) is 0.750. The van der Waals surface area contributed by atoms with Gasteiger partial charge in [-0.25, -0.2) is 0 Å². The first-order valence-corrected chi connectivity index (χ1v) is 5.62. The van der Waals surface area contributed by atoms with Crippen LogP contribution in [0.2, 0.25) is 5.02 Å². The largest absolute Gasteiger partial charge is 0.317 e. The molecule has 1 saturated heterocycles. The molecule has 76 valence electrons. The molecule has 2 heteroatoms. The molecule has 0 saturated carbocycles. The van der Waals surface area contributed by atoms with Crippen LogP contribution in [0.25, 0.3) is 0 Å². The van der Waals surface area contributed by atoms with Crippen molar-refractivity contribution >= 4 is 11.6 Å². The van der Waals surface area contributed by atoms with Crippen molar-refractivity contribution in [2.24, 2.45) is 0 Å². The Labute approximate surface area is 90.5 Å². The van der Waals surface area contributed by atoms with E-state index in [1.807, 2.05) is 0 Å². The van der Waals surface area contributed by atoms with Crippen LogP contribution in [0.15, 0.2) is 18.2 Å². The topological polar surface area (TPSA) is 12.0 Å². The van der Waals surface area contributed by atoms with E-state index in [1.165, 1.54) is 24.0 Å². The number of hydrogen-bond acceptors (Lipinski definition) is 1. The number of nitrogens with one attached hydrogen (secondary N) is 1. The van der Waals surface area contributed by atoms with E-state index in [2.05, 4.69) is 30.4 Å². The van der Waals surface area contributed by atoms with Crippen molar-refractivity contribution in [3.8, 4) is 0 Å². The van der Waals surface area contributed by atoms with Gasteiger partial charge in [-0.3, -0.25) is 0 Å². The Morgan fingerprint density at radius 2 is 2.00 bits per heavy atom. The molecule has 1 heterocycles. The van der Waals surface area contributed by atoms with Crippen LogP contribution in [0, 0.1) is 6.92 Å². The van der Waals surface area contributed by atoms with Crippen molar-refractivity contribution in [2.45, 2.75) is 25.7 Å². The molecule has 1 fully saturated rings. The van der Waals surface area contributed by atoms with E-state index in [-0.39, 0.29) is 0 Å². The fourth-order valence-corrected chi connectivity index (χ4v) is 2.40. The highest BCUT2D eigenvalue weighted by atomic mass is 35.5. The Kier molecular flexibility index (Phi) is 3.09. The summed E-state index contributed by atoms with van der Waals surface area (Å²) >= 11 is 6.31. The Bertz CT molecular complexity index is 316. The Morgan fingerprint density at radius 3 is 2.71 bits per heavy atom. The Morgan fingerprint density at radius 1 is 1.29 bits per heavy atom. The van der Waals surface area contributed by atoms with E-state index >= 15 is 0 Å². The lowest BCUT2D eigenvalue weighted by atomic mass is 9.89. The monoisotopic (exact) mass is 209 g/mol. The third-order valence-electron chi connectivity index (χ3n) is 3.00. The lowest BCUT2D eigenvalue weighted by Crippen LogP contribution is -2.26. The maximum atomic E-state index is 6.31. The predicted octanol–water partition coefficient (Wildman–Crippen LogP) is 3.12. The second kappa shape index (κ2) is 4.33. The van der Waals surface area contributed by atoms with Gasteiger partial charge in [0.2, 0.25) is 0 Å². The number of halogens is 1. The molecular weight excluding hydrogens is 194 g/mol. The molecule has 2 rings (SSSR count). The van der Waals surface area contributed by atoms with Gasteiger partial charge >= 0.3 is 0 Å². The van der Waals surface area contributed by atoms with Crippen LogP contribution in [0.1, 0.15) is 29.9 Å². The van der Waals surface area contributed by atoms with E-state index in [9.17, 15) is 0 Å². The number of aryl methyl sites for hydroxylation is 1. The fourth-order valence-electron chi connectivity index (χ4n) is 2.12. The van der Waals surface area contributed by atoms with Crippen molar-refractivity contribution in [3.05, 3.63) is 34.3 Å². The van der Waals surface area contributed by atoms with Gasteiger partial charge in [-0.15, -0.1) is 0 Å². The van der Waals surface area contributed by atoms with Crippen molar-refractivity contribution in [1.82, 2.24) is 5.32 Å². The van der Waals surface area contributed by atoms with Gasteiger partial charge in [-0.05, 0) is 49.9 Å². The third-order valence-corrected chi connectivity index (χ3v) is 3.52. The van der Waals surface area contributed by atoms with Gasteiger partial charge in [0.15, 0.2) is 0 Å². The predicted molar refractivity (Wildman–Crippen MR) is 61.0 cm³/mol. The minimum absolute atomic E-state index is 0.656. The average Bonchev–Trinajstić information content (AvgIpc) is 2.23. The van der Waals surface area contributed by atoms with E-state index in [1.54, 1.807) is 0 Å². The summed E-state index contributed by atoms with van der Waals surface area (Å²) < 4.78 is 0. The smallest absolute Gasteiger partial charge is 0.0470 e. The van der Waals surface area contributed by atoms with Gasteiger partial charge in [-0.2, -0.15) is 0 Å². The molecule has 1 N–H and O–H groups in total.